The predicted molar refractivity (Wildman–Crippen MR) is 117 cm³/mol. The van der Waals surface area contributed by atoms with Crippen molar-refractivity contribution in [1.29, 1.82) is 5.41 Å². The van der Waals surface area contributed by atoms with E-state index in [-0.39, 0.29) is 11.0 Å². The normalized spacial score (nSPS) is 10.7. The van der Waals surface area contributed by atoms with Crippen molar-refractivity contribution in [3.05, 3.63) is 63.6 Å². The van der Waals surface area contributed by atoms with Crippen LogP contribution in [0.15, 0.2) is 48.5 Å². The molecule has 3 aromatic rings. The lowest BCUT2D eigenvalue weighted by Gasteiger charge is -2.30. The van der Waals surface area contributed by atoms with Crippen LogP contribution < -0.4 is 14.5 Å². The highest BCUT2D eigenvalue weighted by Crippen LogP contribution is 2.38. The molecule has 0 spiro atoms. The first kappa shape index (κ1) is 19.6. The molecule has 27 heavy (non-hydrogen) atoms. The lowest BCUT2D eigenvalue weighted by molar-refractivity contribution is 0.420. The molecule has 0 bridgehead atoms. The smallest absolute Gasteiger partial charge is 0.202 e. The first-order valence-corrected chi connectivity index (χ1v) is 9.25. The van der Waals surface area contributed by atoms with Gasteiger partial charge in [-0.25, -0.2) is 0 Å². The van der Waals surface area contributed by atoms with Gasteiger partial charge in [0, 0.05) is 24.9 Å². The minimum absolute atomic E-state index is 0.227. The molecule has 0 unspecified atom stereocenters. The van der Waals surface area contributed by atoms with Crippen LogP contribution in [0, 0.1) is 5.41 Å². The van der Waals surface area contributed by atoms with Crippen LogP contribution in [0.1, 0.15) is 0 Å². The molecule has 0 atom stereocenters. The molecule has 0 aliphatic rings. The van der Waals surface area contributed by atoms with Gasteiger partial charge in [-0.3, -0.25) is 5.41 Å². The maximum Gasteiger partial charge on any atom is 0.202 e. The van der Waals surface area contributed by atoms with Gasteiger partial charge in [-0.05, 0) is 24.3 Å². The molecule has 0 aliphatic heterocycles. The van der Waals surface area contributed by atoms with Crippen molar-refractivity contribution in [2.24, 2.45) is 0 Å². The van der Waals surface area contributed by atoms with Crippen LogP contribution in [-0.4, -0.2) is 27.2 Å². The lowest BCUT2D eigenvalue weighted by Crippen LogP contribution is -2.39. The van der Waals surface area contributed by atoms with Gasteiger partial charge >= 0.3 is 0 Å². The van der Waals surface area contributed by atoms with Crippen LogP contribution >= 0.6 is 34.8 Å². The third-order valence-corrected chi connectivity index (χ3v) is 5.74. The van der Waals surface area contributed by atoms with Crippen molar-refractivity contribution in [2.75, 3.05) is 31.0 Å². The first-order chi connectivity index (χ1) is 12.9. The molecular formula is C20H18Cl3N3O. The standard InChI is InChI=1S/C20H18Cl3N3O/c1-25(15-10-11-17(27-3)13-7-5-4-6-12(13)15)20(24)26(2)16-9-8-14(21)18(22)19(16)23/h4-11,24H,1-3H3. The summed E-state index contributed by atoms with van der Waals surface area (Å²) in [4.78, 5) is 3.43. The van der Waals surface area contributed by atoms with Crippen molar-refractivity contribution in [3.63, 3.8) is 0 Å². The summed E-state index contributed by atoms with van der Waals surface area (Å²) >= 11 is 18.5. The van der Waals surface area contributed by atoms with Crippen LogP contribution in [0.4, 0.5) is 11.4 Å². The van der Waals surface area contributed by atoms with Gasteiger partial charge in [-0.2, -0.15) is 0 Å². The Hall–Kier alpha value is -2.14. The van der Waals surface area contributed by atoms with E-state index < -0.39 is 0 Å². The molecule has 7 heteroatoms. The van der Waals surface area contributed by atoms with E-state index in [2.05, 4.69) is 0 Å². The highest BCUT2D eigenvalue weighted by molar-refractivity contribution is 6.49. The SMILES string of the molecule is COc1ccc(N(C)C(=N)N(C)c2ccc(Cl)c(Cl)c2Cl)c2ccccc12. The van der Waals surface area contributed by atoms with Gasteiger partial charge in [0.2, 0.25) is 5.96 Å². The highest BCUT2D eigenvalue weighted by atomic mass is 35.5. The van der Waals surface area contributed by atoms with E-state index in [0.717, 1.165) is 22.2 Å². The number of fused-ring (bicyclic) bond motifs is 1. The van der Waals surface area contributed by atoms with Crippen molar-refractivity contribution in [3.8, 4) is 5.75 Å². The summed E-state index contributed by atoms with van der Waals surface area (Å²) in [5.41, 5.74) is 1.47. The van der Waals surface area contributed by atoms with E-state index in [1.807, 2.05) is 43.4 Å². The molecule has 0 aliphatic carbocycles. The summed E-state index contributed by atoms with van der Waals surface area (Å²) in [5, 5.41) is 11.6. The summed E-state index contributed by atoms with van der Waals surface area (Å²) in [5.74, 6) is 1.01. The quantitative estimate of drug-likeness (QED) is 0.305. The number of guanidine groups is 1. The molecule has 0 saturated carbocycles. The van der Waals surface area contributed by atoms with Crippen molar-refractivity contribution in [1.82, 2.24) is 0 Å². The summed E-state index contributed by atoms with van der Waals surface area (Å²) in [6.07, 6.45) is 0. The molecular weight excluding hydrogens is 405 g/mol. The lowest BCUT2D eigenvalue weighted by atomic mass is 10.1. The van der Waals surface area contributed by atoms with Gasteiger partial charge < -0.3 is 14.5 Å². The molecule has 0 saturated heterocycles. The van der Waals surface area contributed by atoms with E-state index >= 15 is 0 Å². The maximum absolute atomic E-state index is 8.66. The van der Waals surface area contributed by atoms with Crippen LogP contribution in [0.25, 0.3) is 10.8 Å². The molecule has 0 heterocycles. The highest BCUT2D eigenvalue weighted by Gasteiger charge is 2.20. The number of nitrogens with one attached hydrogen (secondary N) is 1. The topological polar surface area (TPSA) is 39.6 Å². The Kier molecular flexibility index (Phi) is 5.70. The zero-order chi connectivity index (χ0) is 19.7. The zero-order valence-electron chi connectivity index (χ0n) is 15.1. The average Bonchev–Trinajstić information content (AvgIpc) is 2.69. The van der Waals surface area contributed by atoms with Crippen molar-refractivity contribution in [2.45, 2.75) is 0 Å². The minimum Gasteiger partial charge on any atom is -0.496 e. The number of methoxy groups -OCH3 is 1. The number of rotatable bonds is 3. The first-order valence-electron chi connectivity index (χ1n) is 8.12. The van der Waals surface area contributed by atoms with Gasteiger partial charge in [0.25, 0.3) is 0 Å². The second-order valence-corrected chi connectivity index (χ2v) is 7.13. The maximum atomic E-state index is 8.66. The Balaban J connectivity index is 2.01. The Bertz CT molecular complexity index is 1020. The number of hydrogen-bond donors (Lipinski definition) is 1. The summed E-state index contributed by atoms with van der Waals surface area (Å²) in [6.45, 7) is 0. The molecule has 3 rings (SSSR count). The van der Waals surface area contributed by atoms with Gasteiger partial charge in [-0.1, -0.05) is 59.1 Å². The van der Waals surface area contributed by atoms with E-state index in [0.29, 0.717) is 15.7 Å². The fourth-order valence-corrected chi connectivity index (χ4v) is 3.61. The Labute approximate surface area is 173 Å². The Morgan fingerprint density at radius 1 is 0.815 bits per heavy atom. The predicted octanol–water partition coefficient (Wildman–Crippen LogP) is 6.32. The summed E-state index contributed by atoms with van der Waals surface area (Å²) < 4.78 is 5.45. The molecule has 4 nitrogen and oxygen atoms in total. The number of anilines is 2. The largest absolute Gasteiger partial charge is 0.496 e. The number of nitrogens with zero attached hydrogens (tertiary/aromatic N) is 2. The number of hydrogen-bond acceptors (Lipinski definition) is 2. The number of benzene rings is 3. The van der Waals surface area contributed by atoms with Crippen LogP contribution in [0.5, 0.6) is 5.75 Å². The van der Waals surface area contributed by atoms with Crippen LogP contribution in [-0.2, 0) is 0 Å². The summed E-state index contributed by atoms with van der Waals surface area (Å²) in [7, 11) is 5.24. The molecule has 0 radical (unpaired) electrons. The van der Waals surface area contributed by atoms with Crippen LogP contribution in [0.3, 0.4) is 0 Å². The van der Waals surface area contributed by atoms with Gasteiger partial charge in [-0.15, -0.1) is 0 Å². The third kappa shape index (κ3) is 3.53. The Morgan fingerprint density at radius 3 is 2.07 bits per heavy atom. The number of halogens is 3. The summed E-state index contributed by atoms with van der Waals surface area (Å²) in [6, 6.07) is 15.2. The molecule has 0 aromatic heterocycles. The fourth-order valence-electron chi connectivity index (χ4n) is 2.95. The fraction of sp³-hybridized carbons (Fsp3) is 0.150. The average molecular weight is 423 g/mol. The van der Waals surface area contributed by atoms with Crippen molar-refractivity contribution < 1.29 is 4.74 Å². The van der Waals surface area contributed by atoms with Gasteiger partial charge in [0.1, 0.15) is 5.75 Å². The second kappa shape index (κ2) is 7.85. The molecule has 0 amide bonds. The molecule has 1 N–H and O–H groups in total. The van der Waals surface area contributed by atoms with E-state index in [4.69, 9.17) is 44.9 Å². The third-order valence-electron chi connectivity index (χ3n) is 4.45. The van der Waals surface area contributed by atoms with Gasteiger partial charge in [0.05, 0.1) is 33.6 Å². The molecule has 0 fully saturated rings. The van der Waals surface area contributed by atoms with Crippen molar-refractivity contribution >= 4 is 62.9 Å². The minimum atomic E-state index is 0.227. The zero-order valence-corrected chi connectivity index (χ0v) is 17.3. The van der Waals surface area contributed by atoms with E-state index in [1.54, 1.807) is 36.1 Å². The Morgan fingerprint density at radius 2 is 1.41 bits per heavy atom. The van der Waals surface area contributed by atoms with Gasteiger partial charge in [0.15, 0.2) is 0 Å². The number of ether oxygens (including phenoxy) is 1. The monoisotopic (exact) mass is 421 g/mol. The van der Waals surface area contributed by atoms with Crippen LogP contribution in [0.2, 0.25) is 15.1 Å². The second-order valence-electron chi connectivity index (χ2n) is 5.97. The molecule has 3 aromatic carbocycles. The van der Waals surface area contributed by atoms with E-state index in [9.17, 15) is 0 Å². The van der Waals surface area contributed by atoms with E-state index in [1.165, 1.54) is 0 Å². The molecule has 140 valence electrons.